The Kier molecular flexibility index (Phi) is 11.5. The quantitative estimate of drug-likeness (QED) is 0.326. The number of nitrogens with zero attached hydrogens (tertiary/aromatic N) is 1. The molecule has 0 spiro atoms. The molecule has 1 aromatic rings. The second-order valence-corrected chi connectivity index (χ2v) is 10.7. The summed E-state index contributed by atoms with van der Waals surface area (Å²) >= 11 is 0. The Morgan fingerprint density at radius 2 is 1.65 bits per heavy atom. The number of rotatable bonds is 11. The fourth-order valence-corrected chi connectivity index (χ4v) is 6.05. The zero-order valence-electron chi connectivity index (χ0n) is 22.9. The van der Waals surface area contributed by atoms with Crippen molar-refractivity contribution >= 4 is 11.9 Å². The molecule has 0 radical (unpaired) electrons. The third-order valence-corrected chi connectivity index (χ3v) is 8.42. The minimum absolute atomic E-state index is 0.0221. The van der Waals surface area contributed by atoms with Crippen molar-refractivity contribution in [3.05, 3.63) is 35.9 Å². The molecule has 0 aromatic heterocycles. The highest BCUT2D eigenvalue weighted by molar-refractivity contribution is 5.85. The lowest BCUT2D eigenvalue weighted by atomic mass is 9.71. The predicted octanol–water partition coefficient (Wildman–Crippen LogP) is 5.19. The second-order valence-electron chi connectivity index (χ2n) is 10.7. The molecule has 204 valence electrons. The minimum Gasteiger partial charge on any atom is -0.449 e. The number of hydrogen-bond donors (Lipinski definition) is 1. The molecule has 37 heavy (non-hydrogen) atoms. The molecule has 0 saturated heterocycles. The summed E-state index contributed by atoms with van der Waals surface area (Å²) in [5, 5.41) is 0. The standard InChI is InChI=1S/C31H46N2O4/c1-3-33(4-2)22-14-15-23-36-29(35)31(26-16-8-5-9-17-26,27-18-10-6-11-19-27)37-28(34)24-30(25-32)20-12-7-13-21-30/h5,8-9,16-17,27H,3-4,6-7,10-13,18-25,32H2,1-2H3. The molecule has 1 unspecified atom stereocenters. The average Bonchev–Trinajstić information content (AvgIpc) is 2.95. The fourth-order valence-electron chi connectivity index (χ4n) is 6.05. The number of carbonyl (C=O) groups excluding carboxylic acids is 2. The van der Waals surface area contributed by atoms with Crippen LogP contribution in [0.25, 0.3) is 0 Å². The molecule has 2 fully saturated rings. The van der Waals surface area contributed by atoms with Crippen molar-refractivity contribution in [3.63, 3.8) is 0 Å². The third kappa shape index (κ3) is 7.58. The molecular weight excluding hydrogens is 464 g/mol. The number of esters is 2. The van der Waals surface area contributed by atoms with Gasteiger partial charge in [-0.2, -0.15) is 0 Å². The van der Waals surface area contributed by atoms with E-state index in [-0.39, 0.29) is 30.3 Å². The van der Waals surface area contributed by atoms with Gasteiger partial charge >= 0.3 is 11.9 Å². The zero-order valence-corrected chi connectivity index (χ0v) is 22.9. The minimum atomic E-state index is -1.47. The lowest BCUT2D eigenvalue weighted by molar-refractivity contribution is -0.195. The molecule has 2 aliphatic rings. The first-order valence-corrected chi connectivity index (χ1v) is 14.3. The van der Waals surface area contributed by atoms with E-state index in [9.17, 15) is 9.59 Å². The van der Waals surface area contributed by atoms with Crippen molar-refractivity contribution in [2.75, 3.05) is 32.8 Å². The molecule has 3 rings (SSSR count). The molecule has 2 N–H and O–H groups in total. The molecule has 0 aliphatic heterocycles. The first-order chi connectivity index (χ1) is 18.0. The Balaban J connectivity index is 1.87. The number of ether oxygens (including phenoxy) is 2. The van der Waals surface area contributed by atoms with Crippen LogP contribution in [0, 0.1) is 23.2 Å². The fraction of sp³-hybridized carbons (Fsp3) is 0.677. The molecule has 6 heteroatoms. The molecule has 2 aliphatic carbocycles. The van der Waals surface area contributed by atoms with Gasteiger partial charge in [0.2, 0.25) is 5.60 Å². The number of benzene rings is 1. The van der Waals surface area contributed by atoms with E-state index in [0.717, 1.165) is 70.9 Å². The molecule has 1 atom stereocenters. The van der Waals surface area contributed by atoms with E-state index in [1.807, 2.05) is 30.3 Å². The van der Waals surface area contributed by atoms with Gasteiger partial charge in [0.15, 0.2) is 6.61 Å². The summed E-state index contributed by atoms with van der Waals surface area (Å²) in [6, 6.07) is 9.45. The maximum atomic E-state index is 13.9. The summed E-state index contributed by atoms with van der Waals surface area (Å²) in [7, 11) is 0. The first kappa shape index (κ1) is 29.2. The van der Waals surface area contributed by atoms with Gasteiger partial charge in [-0.1, -0.05) is 94.5 Å². The number of hydrogen-bond acceptors (Lipinski definition) is 6. The Labute approximate surface area is 223 Å². The van der Waals surface area contributed by atoms with Gasteiger partial charge in [0, 0.05) is 11.5 Å². The topological polar surface area (TPSA) is 81.9 Å². The Bertz CT molecular complexity index is 906. The van der Waals surface area contributed by atoms with Gasteiger partial charge in [0.1, 0.15) is 0 Å². The predicted molar refractivity (Wildman–Crippen MR) is 146 cm³/mol. The Morgan fingerprint density at radius 1 is 1.00 bits per heavy atom. The van der Waals surface area contributed by atoms with Crippen molar-refractivity contribution in [1.29, 1.82) is 0 Å². The third-order valence-electron chi connectivity index (χ3n) is 8.42. The summed E-state index contributed by atoms with van der Waals surface area (Å²) in [5.41, 5.74) is 5.15. The van der Waals surface area contributed by atoms with E-state index >= 15 is 0 Å². The lowest BCUT2D eigenvalue weighted by Crippen LogP contribution is -2.49. The number of nitrogens with two attached hydrogens (primary N) is 1. The van der Waals surface area contributed by atoms with Gasteiger partial charge in [-0.05, 0) is 50.7 Å². The van der Waals surface area contributed by atoms with Crippen molar-refractivity contribution in [1.82, 2.24) is 4.90 Å². The highest BCUT2D eigenvalue weighted by Crippen LogP contribution is 2.45. The largest absolute Gasteiger partial charge is 0.449 e. The maximum absolute atomic E-state index is 13.9. The van der Waals surface area contributed by atoms with Crippen LogP contribution in [0.2, 0.25) is 0 Å². The Hall–Kier alpha value is -2.36. The van der Waals surface area contributed by atoms with E-state index in [0.29, 0.717) is 18.7 Å². The molecule has 2 saturated carbocycles. The maximum Gasteiger partial charge on any atom is 0.356 e. The van der Waals surface area contributed by atoms with Crippen molar-refractivity contribution in [3.8, 4) is 11.8 Å². The zero-order chi connectivity index (χ0) is 26.6. The van der Waals surface area contributed by atoms with Crippen LogP contribution >= 0.6 is 0 Å². The van der Waals surface area contributed by atoms with Gasteiger partial charge < -0.3 is 15.2 Å². The van der Waals surface area contributed by atoms with Crippen LogP contribution in [0.5, 0.6) is 0 Å². The first-order valence-electron chi connectivity index (χ1n) is 14.3. The molecule has 1 aromatic carbocycles. The van der Waals surface area contributed by atoms with Crippen LogP contribution < -0.4 is 5.73 Å². The monoisotopic (exact) mass is 510 g/mol. The van der Waals surface area contributed by atoms with E-state index < -0.39 is 11.6 Å². The average molecular weight is 511 g/mol. The van der Waals surface area contributed by atoms with Crippen LogP contribution in [0.4, 0.5) is 0 Å². The van der Waals surface area contributed by atoms with E-state index in [1.54, 1.807) is 0 Å². The molecular formula is C31H46N2O4. The van der Waals surface area contributed by atoms with Crippen LogP contribution in [-0.2, 0) is 24.7 Å². The highest BCUT2D eigenvalue weighted by Gasteiger charge is 2.53. The van der Waals surface area contributed by atoms with E-state index in [4.69, 9.17) is 15.2 Å². The summed E-state index contributed by atoms with van der Waals surface area (Å²) in [6.45, 7) is 7.10. The molecule has 0 heterocycles. The van der Waals surface area contributed by atoms with Gasteiger partial charge in [-0.15, -0.1) is 0 Å². The summed E-state index contributed by atoms with van der Waals surface area (Å²) < 4.78 is 12.1. The SMILES string of the molecule is CCN(CC)CC#CCOC(=O)C(OC(=O)CC1(CN)CCCCC1)(c1ccccc1)C1CCCCC1. The van der Waals surface area contributed by atoms with Gasteiger partial charge in [0.25, 0.3) is 0 Å². The molecule has 6 nitrogen and oxygen atoms in total. The van der Waals surface area contributed by atoms with Gasteiger partial charge in [-0.3, -0.25) is 9.69 Å². The lowest BCUT2D eigenvalue weighted by Gasteiger charge is -2.41. The van der Waals surface area contributed by atoms with Gasteiger partial charge in [-0.25, -0.2) is 4.79 Å². The molecule has 0 amide bonds. The van der Waals surface area contributed by atoms with E-state index in [2.05, 4.69) is 30.6 Å². The van der Waals surface area contributed by atoms with Gasteiger partial charge in [0.05, 0.1) is 13.0 Å². The Morgan fingerprint density at radius 3 is 2.27 bits per heavy atom. The normalized spacial score (nSPS) is 19.4. The van der Waals surface area contributed by atoms with Crippen LogP contribution in [-0.4, -0.2) is 49.6 Å². The second kappa shape index (κ2) is 14.5. The highest BCUT2D eigenvalue weighted by atomic mass is 16.6. The molecule has 0 bridgehead atoms. The van der Waals surface area contributed by atoms with E-state index in [1.165, 1.54) is 6.42 Å². The van der Waals surface area contributed by atoms with Crippen molar-refractivity contribution in [2.45, 2.75) is 90.1 Å². The van der Waals surface area contributed by atoms with Crippen molar-refractivity contribution < 1.29 is 19.1 Å². The van der Waals surface area contributed by atoms with Crippen LogP contribution in [0.1, 0.15) is 90.0 Å². The van der Waals surface area contributed by atoms with Crippen LogP contribution in [0.3, 0.4) is 0 Å². The summed E-state index contributed by atoms with van der Waals surface area (Å²) in [4.78, 5) is 29.8. The number of carbonyl (C=O) groups is 2. The van der Waals surface area contributed by atoms with Crippen molar-refractivity contribution in [2.24, 2.45) is 17.1 Å². The summed E-state index contributed by atoms with van der Waals surface area (Å²) in [6.07, 6.45) is 10.2. The summed E-state index contributed by atoms with van der Waals surface area (Å²) in [5.74, 6) is 5.08. The smallest absolute Gasteiger partial charge is 0.356 e. The van der Waals surface area contributed by atoms with Crippen LogP contribution in [0.15, 0.2) is 30.3 Å².